The largest absolute Gasteiger partial charge is 0.366 e. The number of aromatic nitrogens is 2. The molecule has 0 amide bonds. The number of anilines is 1. The highest BCUT2D eigenvalue weighted by atomic mass is 15.2. The first-order chi connectivity index (χ1) is 7.63. The summed E-state index contributed by atoms with van der Waals surface area (Å²) in [6, 6.07) is 0.344. The summed E-state index contributed by atoms with van der Waals surface area (Å²) in [7, 11) is 0. The maximum atomic E-state index is 5.82. The average molecular weight is 222 g/mol. The second-order valence-electron chi connectivity index (χ2n) is 4.16. The molecule has 0 radical (unpaired) electrons. The van der Waals surface area contributed by atoms with Gasteiger partial charge in [-0.15, -0.1) is 5.10 Å². The Morgan fingerprint density at radius 2 is 1.81 bits per heavy atom. The summed E-state index contributed by atoms with van der Waals surface area (Å²) in [5, 5.41) is 11.8. The SMILES string of the molecule is CCc1nnc(NC(C)C)c(CN)c1CC. The maximum Gasteiger partial charge on any atom is 0.153 e. The first kappa shape index (κ1) is 12.9. The minimum atomic E-state index is 0.344. The van der Waals surface area contributed by atoms with Crippen LogP contribution in [0.25, 0.3) is 0 Å². The number of aryl methyl sites for hydroxylation is 1. The van der Waals surface area contributed by atoms with E-state index in [0.717, 1.165) is 29.9 Å². The normalized spacial score (nSPS) is 10.9. The molecule has 4 nitrogen and oxygen atoms in total. The molecule has 0 saturated heterocycles. The molecule has 1 aromatic heterocycles. The van der Waals surface area contributed by atoms with E-state index in [9.17, 15) is 0 Å². The summed E-state index contributed by atoms with van der Waals surface area (Å²) in [5.41, 5.74) is 9.25. The molecule has 0 aliphatic rings. The van der Waals surface area contributed by atoms with Crippen molar-refractivity contribution in [3.63, 3.8) is 0 Å². The van der Waals surface area contributed by atoms with Gasteiger partial charge >= 0.3 is 0 Å². The smallest absolute Gasteiger partial charge is 0.153 e. The van der Waals surface area contributed by atoms with Gasteiger partial charge in [-0.25, -0.2) is 0 Å². The highest BCUT2D eigenvalue weighted by Crippen LogP contribution is 2.20. The Kier molecular flexibility index (Phi) is 4.68. The third-order valence-electron chi connectivity index (χ3n) is 2.59. The van der Waals surface area contributed by atoms with Crippen LogP contribution in [0.1, 0.15) is 44.5 Å². The van der Waals surface area contributed by atoms with Crippen LogP contribution in [0.4, 0.5) is 5.82 Å². The van der Waals surface area contributed by atoms with Crippen LogP contribution in [-0.2, 0) is 19.4 Å². The Morgan fingerprint density at radius 1 is 1.12 bits per heavy atom. The Morgan fingerprint density at radius 3 is 2.25 bits per heavy atom. The predicted octanol–water partition coefficient (Wildman–Crippen LogP) is 1.88. The van der Waals surface area contributed by atoms with E-state index >= 15 is 0 Å². The van der Waals surface area contributed by atoms with Crippen LogP contribution in [0.15, 0.2) is 0 Å². The van der Waals surface area contributed by atoms with E-state index in [-0.39, 0.29) is 0 Å². The second kappa shape index (κ2) is 5.80. The van der Waals surface area contributed by atoms with Crippen molar-refractivity contribution in [1.82, 2.24) is 10.2 Å². The van der Waals surface area contributed by atoms with Gasteiger partial charge in [0.1, 0.15) is 0 Å². The van der Waals surface area contributed by atoms with Gasteiger partial charge in [0.2, 0.25) is 0 Å². The minimum absolute atomic E-state index is 0.344. The van der Waals surface area contributed by atoms with Gasteiger partial charge in [-0.05, 0) is 32.3 Å². The van der Waals surface area contributed by atoms with Crippen molar-refractivity contribution >= 4 is 5.82 Å². The fourth-order valence-electron chi connectivity index (χ4n) is 1.86. The Labute approximate surface area is 97.6 Å². The molecule has 1 rings (SSSR count). The van der Waals surface area contributed by atoms with E-state index in [1.54, 1.807) is 0 Å². The van der Waals surface area contributed by atoms with E-state index in [0.29, 0.717) is 12.6 Å². The average Bonchev–Trinajstić information content (AvgIpc) is 2.27. The number of hydrogen-bond donors (Lipinski definition) is 2. The van der Waals surface area contributed by atoms with Crippen LogP contribution in [0.5, 0.6) is 0 Å². The summed E-state index contributed by atoms with van der Waals surface area (Å²) >= 11 is 0. The molecule has 0 aromatic carbocycles. The quantitative estimate of drug-likeness (QED) is 0.798. The van der Waals surface area contributed by atoms with Crippen molar-refractivity contribution in [2.75, 3.05) is 5.32 Å². The molecule has 0 fully saturated rings. The van der Waals surface area contributed by atoms with Crippen molar-refractivity contribution < 1.29 is 0 Å². The summed E-state index contributed by atoms with van der Waals surface area (Å²) < 4.78 is 0. The molecule has 4 heteroatoms. The number of nitrogens with two attached hydrogens (primary N) is 1. The Balaban J connectivity index is 3.20. The molecule has 16 heavy (non-hydrogen) atoms. The van der Waals surface area contributed by atoms with Gasteiger partial charge in [0.25, 0.3) is 0 Å². The molecule has 3 N–H and O–H groups in total. The van der Waals surface area contributed by atoms with Gasteiger partial charge in [0.05, 0.1) is 5.69 Å². The molecule has 0 atom stereocenters. The molecule has 1 heterocycles. The Bertz CT molecular complexity index is 347. The van der Waals surface area contributed by atoms with Gasteiger partial charge in [-0.2, -0.15) is 5.10 Å². The highest BCUT2D eigenvalue weighted by molar-refractivity contribution is 5.49. The van der Waals surface area contributed by atoms with Gasteiger partial charge in [-0.3, -0.25) is 0 Å². The fourth-order valence-corrected chi connectivity index (χ4v) is 1.86. The molecular weight excluding hydrogens is 200 g/mol. The molecule has 0 unspecified atom stereocenters. The van der Waals surface area contributed by atoms with Crippen LogP contribution >= 0.6 is 0 Å². The number of nitrogens with zero attached hydrogens (tertiary/aromatic N) is 2. The van der Waals surface area contributed by atoms with E-state index in [2.05, 4.69) is 43.2 Å². The molecule has 0 bridgehead atoms. The van der Waals surface area contributed by atoms with Crippen molar-refractivity contribution in [2.24, 2.45) is 5.73 Å². The lowest BCUT2D eigenvalue weighted by atomic mass is 10.0. The standard InChI is InChI=1S/C12H22N4/c1-5-9-10(7-13)12(14-8(3)4)16-15-11(9)6-2/h8H,5-7,13H2,1-4H3,(H,14,16). The number of rotatable bonds is 5. The summed E-state index contributed by atoms with van der Waals surface area (Å²) in [5.74, 6) is 0.839. The van der Waals surface area contributed by atoms with Crippen molar-refractivity contribution in [2.45, 2.75) is 53.1 Å². The Hall–Kier alpha value is -1.16. The third-order valence-corrected chi connectivity index (χ3v) is 2.59. The van der Waals surface area contributed by atoms with Crippen molar-refractivity contribution in [1.29, 1.82) is 0 Å². The van der Waals surface area contributed by atoms with Crippen molar-refractivity contribution in [3.05, 3.63) is 16.8 Å². The van der Waals surface area contributed by atoms with Gasteiger partial charge in [-0.1, -0.05) is 13.8 Å². The molecule has 0 spiro atoms. The lowest BCUT2D eigenvalue weighted by Crippen LogP contribution is -2.18. The molecular formula is C12H22N4. The first-order valence-electron chi connectivity index (χ1n) is 5.97. The van der Waals surface area contributed by atoms with Gasteiger partial charge in [0, 0.05) is 18.2 Å². The lowest BCUT2D eigenvalue weighted by molar-refractivity contribution is 0.814. The second-order valence-corrected chi connectivity index (χ2v) is 4.16. The summed E-state index contributed by atoms with van der Waals surface area (Å²) in [6.07, 6.45) is 1.86. The van der Waals surface area contributed by atoms with E-state index in [1.807, 2.05) is 0 Å². The summed E-state index contributed by atoms with van der Waals surface area (Å²) in [6.45, 7) is 8.91. The third kappa shape index (κ3) is 2.70. The zero-order valence-electron chi connectivity index (χ0n) is 10.7. The monoisotopic (exact) mass is 222 g/mol. The molecule has 1 aromatic rings. The van der Waals surface area contributed by atoms with Crippen LogP contribution in [0.2, 0.25) is 0 Å². The number of nitrogens with one attached hydrogen (secondary N) is 1. The topological polar surface area (TPSA) is 63.8 Å². The summed E-state index contributed by atoms with van der Waals surface area (Å²) in [4.78, 5) is 0. The van der Waals surface area contributed by atoms with E-state index < -0.39 is 0 Å². The van der Waals surface area contributed by atoms with Crippen LogP contribution < -0.4 is 11.1 Å². The van der Waals surface area contributed by atoms with E-state index in [1.165, 1.54) is 5.56 Å². The molecule has 0 saturated carbocycles. The molecule has 0 aliphatic heterocycles. The zero-order valence-corrected chi connectivity index (χ0v) is 10.7. The first-order valence-corrected chi connectivity index (χ1v) is 5.97. The van der Waals surface area contributed by atoms with Crippen LogP contribution in [-0.4, -0.2) is 16.2 Å². The van der Waals surface area contributed by atoms with Crippen LogP contribution in [0.3, 0.4) is 0 Å². The van der Waals surface area contributed by atoms with Crippen LogP contribution in [0, 0.1) is 0 Å². The predicted molar refractivity (Wildman–Crippen MR) is 67.4 cm³/mol. The lowest BCUT2D eigenvalue weighted by Gasteiger charge is -2.16. The molecule has 90 valence electrons. The van der Waals surface area contributed by atoms with Gasteiger partial charge < -0.3 is 11.1 Å². The van der Waals surface area contributed by atoms with Crippen molar-refractivity contribution in [3.8, 4) is 0 Å². The van der Waals surface area contributed by atoms with Gasteiger partial charge in [0.15, 0.2) is 5.82 Å². The minimum Gasteiger partial charge on any atom is -0.366 e. The van der Waals surface area contributed by atoms with E-state index in [4.69, 9.17) is 5.73 Å². The highest BCUT2D eigenvalue weighted by Gasteiger charge is 2.13. The maximum absolute atomic E-state index is 5.82. The number of hydrogen-bond acceptors (Lipinski definition) is 4. The molecule has 0 aliphatic carbocycles. The fraction of sp³-hybridized carbons (Fsp3) is 0.667. The zero-order chi connectivity index (χ0) is 12.1.